The van der Waals surface area contributed by atoms with Gasteiger partial charge in [-0.3, -0.25) is 29.8 Å². The van der Waals surface area contributed by atoms with Gasteiger partial charge in [0, 0.05) is 39.3 Å². The van der Waals surface area contributed by atoms with E-state index in [0.717, 1.165) is 0 Å². The number of nitrogens with one attached hydrogen (secondary N) is 6. The number of amides is 2. The monoisotopic (exact) mass is 434 g/mol. The number of hydrogen-bond donors (Lipinski definition) is 9. The summed E-state index contributed by atoms with van der Waals surface area (Å²) in [5.74, 6) is -3.85. The minimum Gasteiger partial charge on any atom is -0.481 e. The van der Waals surface area contributed by atoms with E-state index >= 15 is 0 Å². The molecule has 14 heteroatoms. The van der Waals surface area contributed by atoms with E-state index in [1.807, 2.05) is 0 Å². The number of carbonyl (C=O) groups excluding carboxylic acids is 2. The molecule has 0 heterocycles. The molecule has 0 radical (unpaired) electrons. The zero-order valence-electron chi connectivity index (χ0n) is 16.5. The van der Waals surface area contributed by atoms with Gasteiger partial charge in [-0.15, -0.1) is 0 Å². The Morgan fingerprint density at radius 1 is 0.600 bits per heavy atom. The number of hydrogen-bond acceptors (Lipinski definition) is 9. The molecular formula is C16H30N6O8. The van der Waals surface area contributed by atoms with Crippen molar-refractivity contribution in [3.63, 3.8) is 0 Å². The van der Waals surface area contributed by atoms with Crippen LogP contribution >= 0.6 is 0 Å². The molecule has 0 fully saturated rings. The Labute approximate surface area is 173 Å². The van der Waals surface area contributed by atoms with Crippen LogP contribution in [0.3, 0.4) is 0 Å². The van der Waals surface area contributed by atoms with Crippen LogP contribution in [0, 0.1) is 0 Å². The molecule has 0 saturated carbocycles. The summed E-state index contributed by atoms with van der Waals surface area (Å²) in [5.41, 5.74) is 0. The lowest BCUT2D eigenvalue weighted by atomic mass is 10.4. The Morgan fingerprint density at radius 3 is 1.33 bits per heavy atom. The van der Waals surface area contributed by atoms with Gasteiger partial charge in [0.25, 0.3) is 0 Å². The highest BCUT2D eigenvalue weighted by atomic mass is 16.4. The predicted molar refractivity (Wildman–Crippen MR) is 104 cm³/mol. The summed E-state index contributed by atoms with van der Waals surface area (Å²) < 4.78 is 0. The molecule has 0 bridgehead atoms. The van der Waals surface area contributed by atoms with Crippen molar-refractivity contribution < 1.29 is 39.3 Å². The fourth-order valence-electron chi connectivity index (χ4n) is 2.00. The van der Waals surface area contributed by atoms with Gasteiger partial charge in [0.1, 0.15) is 0 Å². The summed E-state index contributed by atoms with van der Waals surface area (Å²) in [6.45, 7) is 1.17. The molecule has 30 heavy (non-hydrogen) atoms. The van der Waals surface area contributed by atoms with Crippen molar-refractivity contribution in [1.82, 2.24) is 31.9 Å². The van der Waals surface area contributed by atoms with E-state index in [9.17, 15) is 24.0 Å². The molecule has 2 amide bonds. The Bertz CT molecular complexity index is 532. The molecule has 0 spiro atoms. The highest BCUT2D eigenvalue weighted by Gasteiger charge is 2.15. The fourth-order valence-corrected chi connectivity index (χ4v) is 2.00. The molecule has 14 nitrogen and oxygen atoms in total. The Hall–Kier alpha value is -2.81. The maximum Gasteiger partial charge on any atom is 0.335 e. The number of carboxylic acid groups (broad SMARTS) is 3. The molecule has 0 unspecified atom stereocenters. The summed E-state index contributed by atoms with van der Waals surface area (Å²) in [7, 11) is 0. The van der Waals surface area contributed by atoms with Crippen LogP contribution in [-0.4, -0.2) is 104 Å². The average Bonchev–Trinajstić information content (AvgIpc) is 2.64. The van der Waals surface area contributed by atoms with Crippen molar-refractivity contribution >= 4 is 29.7 Å². The number of carboxylic acids is 3. The van der Waals surface area contributed by atoms with Gasteiger partial charge in [-0.05, 0) is 0 Å². The zero-order valence-corrected chi connectivity index (χ0v) is 16.5. The summed E-state index contributed by atoms with van der Waals surface area (Å²) in [4.78, 5) is 54.7. The summed E-state index contributed by atoms with van der Waals surface area (Å²) >= 11 is 0. The first-order valence-electron chi connectivity index (χ1n) is 9.30. The molecule has 172 valence electrons. The van der Waals surface area contributed by atoms with Crippen molar-refractivity contribution in [2.24, 2.45) is 0 Å². The minimum absolute atomic E-state index is 0.0229. The van der Waals surface area contributed by atoms with Crippen LogP contribution in [0.2, 0.25) is 0 Å². The number of aliphatic carboxylic acids is 3. The highest BCUT2D eigenvalue weighted by molar-refractivity contribution is 5.79. The normalized spacial score (nSPS) is 10.6. The average molecular weight is 434 g/mol. The third-order valence-corrected chi connectivity index (χ3v) is 3.44. The van der Waals surface area contributed by atoms with Crippen molar-refractivity contribution in [3.8, 4) is 0 Å². The molecule has 9 N–H and O–H groups in total. The Balaban J connectivity index is 3.77. The summed E-state index contributed by atoms with van der Waals surface area (Å²) in [5, 5.41) is 42.0. The molecular weight excluding hydrogens is 404 g/mol. The molecule has 0 aliphatic rings. The van der Waals surface area contributed by atoms with E-state index in [2.05, 4.69) is 31.9 Å². The smallest absolute Gasteiger partial charge is 0.335 e. The van der Waals surface area contributed by atoms with Crippen LogP contribution in [0.4, 0.5) is 0 Å². The molecule has 0 aromatic rings. The maximum atomic E-state index is 11.4. The zero-order chi connectivity index (χ0) is 22.8. The second-order valence-corrected chi connectivity index (χ2v) is 6.02. The van der Waals surface area contributed by atoms with Crippen molar-refractivity contribution in [2.45, 2.75) is 19.0 Å². The lowest BCUT2D eigenvalue weighted by Gasteiger charge is -2.16. The number of rotatable bonds is 19. The van der Waals surface area contributed by atoms with E-state index in [4.69, 9.17) is 15.3 Å². The first-order chi connectivity index (χ1) is 14.2. The lowest BCUT2D eigenvalue weighted by molar-refractivity contribution is -0.140. The first kappa shape index (κ1) is 27.2. The van der Waals surface area contributed by atoms with Crippen LogP contribution in [0.25, 0.3) is 0 Å². The van der Waals surface area contributed by atoms with Crippen LogP contribution in [0.5, 0.6) is 0 Å². The third kappa shape index (κ3) is 17.3. The van der Waals surface area contributed by atoms with Crippen molar-refractivity contribution in [1.29, 1.82) is 0 Å². The van der Waals surface area contributed by atoms with Gasteiger partial charge in [0.05, 0.1) is 25.9 Å². The summed E-state index contributed by atoms with van der Waals surface area (Å²) in [6, 6.07) is 0. The molecule has 0 atom stereocenters. The van der Waals surface area contributed by atoms with E-state index in [1.165, 1.54) is 0 Å². The van der Waals surface area contributed by atoms with Gasteiger partial charge >= 0.3 is 17.9 Å². The van der Waals surface area contributed by atoms with Gasteiger partial charge in [-0.1, -0.05) is 0 Å². The van der Waals surface area contributed by atoms with Crippen LogP contribution in [0.15, 0.2) is 0 Å². The van der Waals surface area contributed by atoms with Crippen molar-refractivity contribution in [2.75, 3.05) is 52.4 Å². The molecule has 0 aromatic carbocycles. The second kappa shape index (κ2) is 17.1. The standard InChI is InChI=1S/C16H30N6O8/c23-11(19-3-1-13(25)26)9-17-5-7-21-15(16(29)30)22-8-6-18-10-12(24)20-4-2-14(27)28/h15,17-18,21-22H,1-10H2,(H,19,23)(H,20,24)(H,25,26)(H,27,28)(H,29,30). The van der Waals surface area contributed by atoms with Crippen LogP contribution in [0.1, 0.15) is 12.8 Å². The SMILES string of the molecule is O=C(O)CCNC(=O)CNCCNC(NCCNCC(=O)NCCC(=O)O)C(=O)O. The molecule has 0 aliphatic carbocycles. The molecule has 0 saturated heterocycles. The van der Waals surface area contributed by atoms with Gasteiger partial charge in [0.2, 0.25) is 11.8 Å². The van der Waals surface area contributed by atoms with E-state index in [1.54, 1.807) is 0 Å². The van der Waals surface area contributed by atoms with Crippen molar-refractivity contribution in [3.05, 3.63) is 0 Å². The highest BCUT2D eigenvalue weighted by Crippen LogP contribution is 1.79. The van der Waals surface area contributed by atoms with Gasteiger partial charge < -0.3 is 36.6 Å². The minimum atomic E-state index is -1.12. The Kier molecular flexibility index (Phi) is 15.5. The lowest BCUT2D eigenvalue weighted by Crippen LogP contribution is -2.52. The van der Waals surface area contributed by atoms with E-state index in [-0.39, 0.29) is 63.9 Å². The first-order valence-corrected chi connectivity index (χ1v) is 9.30. The fraction of sp³-hybridized carbons (Fsp3) is 0.688. The molecule has 0 aromatic heterocycles. The van der Waals surface area contributed by atoms with Crippen LogP contribution in [-0.2, 0) is 24.0 Å². The quantitative estimate of drug-likeness (QED) is 0.0700. The predicted octanol–water partition coefficient (Wildman–Crippen LogP) is -4.06. The molecule has 0 aliphatic heterocycles. The third-order valence-electron chi connectivity index (χ3n) is 3.44. The van der Waals surface area contributed by atoms with Gasteiger partial charge in [-0.2, -0.15) is 0 Å². The Morgan fingerprint density at radius 2 is 1.00 bits per heavy atom. The van der Waals surface area contributed by atoms with Gasteiger partial charge in [-0.25, -0.2) is 4.79 Å². The largest absolute Gasteiger partial charge is 0.481 e. The topological polar surface area (TPSA) is 218 Å². The summed E-state index contributed by atoms with van der Waals surface area (Å²) in [6.07, 6.45) is -1.35. The van der Waals surface area contributed by atoms with Crippen LogP contribution < -0.4 is 31.9 Å². The number of carbonyl (C=O) groups is 5. The maximum absolute atomic E-state index is 11.4. The van der Waals surface area contributed by atoms with Gasteiger partial charge in [0.15, 0.2) is 6.17 Å². The van der Waals surface area contributed by atoms with E-state index < -0.39 is 24.1 Å². The molecule has 0 rings (SSSR count). The van der Waals surface area contributed by atoms with E-state index in [0.29, 0.717) is 13.1 Å². The second-order valence-electron chi connectivity index (χ2n) is 6.02.